The van der Waals surface area contributed by atoms with Crippen LogP contribution in [0.4, 0.5) is 0 Å². The lowest BCUT2D eigenvalue weighted by Crippen LogP contribution is -2.42. The third-order valence-electron chi connectivity index (χ3n) is 4.16. The first kappa shape index (κ1) is 13.2. The Kier molecular flexibility index (Phi) is 3.28. The number of fused-ring (bicyclic) bond motifs is 1. The summed E-state index contributed by atoms with van der Waals surface area (Å²) < 4.78 is 0. The third kappa shape index (κ3) is 2.45. The molecule has 0 bridgehead atoms. The van der Waals surface area contributed by atoms with Crippen molar-refractivity contribution in [3.8, 4) is 0 Å². The van der Waals surface area contributed by atoms with E-state index in [0.29, 0.717) is 17.5 Å². The molecule has 0 saturated carbocycles. The molecule has 2 heterocycles. The van der Waals surface area contributed by atoms with Crippen LogP contribution in [0.25, 0.3) is 10.9 Å². The van der Waals surface area contributed by atoms with E-state index in [-0.39, 0.29) is 5.91 Å². The maximum Gasteiger partial charge on any atom is 0.270 e. The first-order valence-corrected chi connectivity index (χ1v) is 7.41. The van der Waals surface area contributed by atoms with Gasteiger partial charge in [-0.25, -0.2) is 0 Å². The molecule has 2 unspecified atom stereocenters. The molecular weight excluding hydrogens is 248 g/mol. The van der Waals surface area contributed by atoms with E-state index >= 15 is 0 Å². The van der Waals surface area contributed by atoms with Gasteiger partial charge in [0, 0.05) is 24.0 Å². The number of carbonyl (C=O) groups excluding carboxylic acids is 1. The molecule has 106 valence electrons. The number of aromatic amines is 1. The van der Waals surface area contributed by atoms with Crippen LogP contribution < -0.4 is 0 Å². The van der Waals surface area contributed by atoms with Gasteiger partial charge in [0.25, 0.3) is 5.91 Å². The lowest BCUT2D eigenvalue weighted by molar-refractivity contribution is 0.0618. The molecule has 3 rings (SSSR count). The second kappa shape index (κ2) is 4.97. The predicted molar refractivity (Wildman–Crippen MR) is 81.9 cm³/mol. The van der Waals surface area contributed by atoms with E-state index in [1.807, 2.05) is 11.0 Å². The largest absolute Gasteiger partial charge is 0.351 e. The molecule has 1 fully saturated rings. The summed E-state index contributed by atoms with van der Waals surface area (Å²) in [6.07, 6.45) is 1.22. The number of likely N-dealkylation sites (tertiary alicyclic amines) is 1. The molecule has 2 atom stereocenters. The van der Waals surface area contributed by atoms with Crippen molar-refractivity contribution in [2.45, 2.75) is 27.2 Å². The Morgan fingerprint density at radius 1 is 1.20 bits per heavy atom. The van der Waals surface area contributed by atoms with Gasteiger partial charge in [-0.05, 0) is 42.9 Å². The van der Waals surface area contributed by atoms with Crippen LogP contribution in [-0.4, -0.2) is 28.9 Å². The topological polar surface area (TPSA) is 36.1 Å². The summed E-state index contributed by atoms with van der Waals surface area (Å²) in [4.78, 5) is 17.9. The summed E-state index contributed by atoms with van der Waals surface area (Å²) in [5, 5.41) is 1.11. The average Bonchev–Trinajstić information content (AvgIpc) is 2.79. The van der Waals surface area contributed by atoms with Crippen molar-refractivity contribution in [1.82, 2.24) is 9.88 Å². The van der Waals surface area contributed by atoms with Gasteiger partial charge in [0.2, 0.25) is 0 Å². The number of hydrogen-bond acceptors (Lipinski definition) is 1. The Morgan fingerprint density at radius 2 is 1.90 bits per heavy atom. The number of H-pyrrole nitrogens is 1. The lowest BCUT2D eigenvalue weighted by atomic mass is 9.92. The van der Waals surface area contributed by atoms with Crippen molar-refractivity contribution in [3.05, 3.63) is 35.5 Å². The first-order chi connectivity index (χ1) is 9.52. The summed E-state index contributed by atoms with van der Waals surface area (Å²) in [5.41, 5.74) is 2.97. The molecule has 0 spiro atoms. The minimum atomic E-state index is 0.136. The highest BCUT2D eigenvalue weighted by Gasteiger charge is 2.26. The number of amides is 1. The second-order valence-electron chi connectivity index (χ2n) is 6.43. The quantitative estimate of drug-likeness (QED) is 0.844. The Bertz CT molecular complexity index is 633. The van der Waals surface area contributed by atoms with Crippen LogP contribution in [0.3, 0.4) is 0 Å². The lowest BCUT2D eigenvalue weighted by Gasteiger charge is -2.34. The summed E-state index contributed by atoms with van der Waals surface area (Å²) >= 11 is 0. The Hall–Kier alpha value is -1.77. The number of hydrogen-bond donors (Lipinski definition) is 1. The van der Waals surface area contributed by atoms with Crippen LogP contribution in [0, 0.1) is 18.8 Å². The van der Waals surface area contributed by atoms with E-state index in [4.69, 9.17) is 0 Å². The zero-order chi connectivity index (χ0) is 14.3. The number of rotatable bonds is 1. The zero-order valence-electron chi connectivity index (χ0n) is 12.4. The average molecular weight is 270 g/mol. The number of carbonyl (C=O) groups is 1. The number of nitrogens with one attached hydrogen (secondary N) is 1. The van der Waals surface area contributed by atoms with E-state index < -0.39 is 0 Å². The number of piperidine rings is 1. The second-order valence-corrected chi connectivity index (χ2v) is 6.43. The molecule has 3 nitrogen and oxygen atoms in total. The van der Waals surface area contributed by atoms with Crippen LogP contribution in [0.15, 0.2) is 24.3 Å². The number of nitrogens with zero attached hydrogens (tertiary/aromatic N) is 1. The van der Waals surface area contributed by atoms with Crippen LogP contribution in [0.1, 0.15) is 36.3 Å². The monoisotopic (exact) mass is 270 g/mol. The molecule has 1 aliphatic heterocycles. The van der Waals surface area contributed by atoms with Crippen molar-refractivity contribution in [1.29, 1.82) is 0 Å². The van der Waals surface area contributed by atoms with Crippen molar-refractivity contribution in [2.75, 3.05) is 13.1 Å². The molecule has 3 heteroatoms. The molecular formula is C17H22N2O. The minimum absolute atomic E-state index is 0.136. The summed E-state index contributed by atoms with van der Waals surface area (Å²) in [7, 11) is 0. The third-order valence-corrected chi connectivity index (χ3v) is 4.16. The van der Waals surface area contributed by atoms with Crippen LogP contribution >= 0.6 is 0 Å². The standard InChI is InChI=1S/C17H22N2O/c1-11-4-5-14-8-16(18-15(14)7-11)17(20)19-9-12(2)6-13(3)10-19/h4-5,7-8,12-13,18H,6,9-10H2,1-3H3. The molecule has 1 N–H and O–H groups in total. The van der Waals surface area contributed by atoms with Gasteiger partial charge < -0.3 is 9.88 Å². The number of aromatic nitrogens is 1. The highest BCUT2D eigenvalue weighted by Crippen LogP contribution is 2.24. The van der Waals surface area contributed by atoms with Crippen molar-refractivity contribution in [3.63, 3.8) is 0 Å². The summed E-state index contributed by atoms with van der Waals surface area (Å²) in [6.45, 7) is 8.26. The van der Waals surface area contributed by atoms with Crippen LogP contribution in [0.5, 0.6) is 0 Å². The molecule has 1 aromatic carbocycles. The van der Waals surface area contributed by atoms with Gasteiger partial charge in [-0.3, -0.25) is 4.79 Å². The maximum atomic E-state index is 12.6. The smallest absolute Gasteiger partial charge is 0.270 e. The van der Waals surface area contributed by atoms with Gasteiger partial charge in [0.15, 0.2) is 0 Å². The molecule has 0 aliphatic carbocycles. The fraction of sp³-hybridized carbons (Fsp3) is 0.471. The van der Waals surface area contributed by atoms with Crippen molar-refractivity contribution >= 4 is 16.8 Å². The Balaban J connectivity index is 1.88. The van der Waals surface area contributed by atoms with E-state index in [9.17, 15) is 4.79 Å². The van der Waals surface area contributed by atoms with Gasteiger partial charge in [-0.15, -0.1) is 0 Å². The number of aryl methyl sites for hydroxylation is 1. The molecule has 20 heavy (non-hydrogen) atoms. The summed E-state index contributed by atoms with van der Waals surface area (Å²) in [5.74, 6) is 1.32. The highest BCUT2D eigenvalue weighted by molar-refractivity contribution is 5.98. The fourth-order valence-electron chi connectivity index (χ4n) is 3.36. The van der Waals surface area contributed by atoms with Crippen molar-refractivity contribution < 1.29 is 4.79 Å². The van der Waals surface area contributed by atoms with Gasteiger partial charge in [0.1, 0.15) is 5.69 Å². The van der Waals surface area contributed by atoms with Gasteiger partial charge in [0.05, 0.1) is 0 Å². The Labute approximate surface area is 120 Å². The van der Waals surface area contributed by atoms with Crippen LogP contribution in [0.2, 0.25) is 0 Å². The summed E-state index contributed by atoms with van der Waals surface area (Å²) in [6, 6.07) is 8.21. The van der Waals surface area contributed by atoms with Crippen LogP contribution in [-0.2, 0) is 0 Å². The maximum absolute atomic E-state index is 12.6. The van der Waals surface area contributed by atoms with Gasteiger partial charge >= 0.3 is 0 Å². The molecule has 2 aromatic rings. The van der Waals surface area contributed by atoms with E-state index in [1.165, 1.54) is 12.0 Å². The number of benzene rings is 1. The fourth-order valence-corrected chi connectivity index (χ4v) is 3.36. The van der Waals surface area contributed by atoms with E-state index in [1.54, 1.807) is 0 Å². The van der Waals surface area contributed by atoms with E-state index in [2.05, 4.69) is 44.0 Å². The van der Waals surface area contributed by atoms with Gasteiger partial charge in [-0.2, -0.15) is 0 Å². The zero-order valence-corrected chi connectivity index (χ0v) is 12.4. The minimum Gasteiger partial charge on any atom is -0.351 e. The molecule has 1 aromatic heterocycles. The normalized spacial score (nSPS) is 23.2. The van der Waals surface area contributed by atoms with Crippen molar-refractivity contribution in [2.24, 2.45) is 11.8 Å². The molecule has 1 amide bonds. The first-order valence-electron chi connectivity index (χ1n) is 7.41. The SMILES string of the molecule is Cc1ccc2cc(C(=O)N3CC(C)CC(C)C3)[nH]c2c1. The molecule has 1 aliphatic rings. The Morgan fingerprint density at radius 3 is 2.60 bits per heavy atom. The predicted octanol–water partition coefficient (Wildman–Crippen LogP) is 3.59. The van der Waals surface area contributed by atoms with Gasteiger partial charge in [-0.1, -0.05) is 26.0 Å². The highest BCUT2D eigenvalue weighted by atomic mass is 16.2. The molecule has 1 saturated heterocycles. The van der Waals surface area contributed by atoms with E-state index in [0.717, 1.165) is 24.0 Å². The molecule has 0 radical (unpaired) electrons.